The molecule has 0 bridgehead atoms. The molecule has 0 saturated heterocycles. The van der Waals surface area contributed by atoms with Crippen LogP contribution >= 0.6 is 0 Å². The van der Waals surface area contributed by atoms with E-state index in [4.69, 9.17) is 24.7 Å². The van der Waals surface area contributed by atoms with Crippen LogP contribution in [0.2, 0.25) is 0 Å². The molecular weight excluding hydrogens is 540 g/mol. The standard InChI is InChI=1S/C36H28N2O5/c1-40-33-18-26(14-17-31(33)41-22-23-8-3-2-4-9-23)35-29-16-15-27(20-32(29)43-36(38)30(35)21-37)42-34(39)19-25-12-7-11-24-10-5-6-13-28(24)25/h2-18,20,35H,19,22,38H2,1H3. The summed E-state index contributed by atoms with van der Waals surface area (Å²) < 4.78 is 23.2. The molecule has 0 aromatic heterocycles. The Hall–Kier alpha value is -5.74. The fraction of sp³-hybridized carbons (Fsp3) is 0.111. The van der Waals surface area contributed by atoms with Crippen molar-refractivity contribution in [2.24, 2.45) is 5.73 Å². The number of fused-ring (bicyclic) bond motifs is 2. The number of nitriles is 1. The number of nitrogens with zero attached hydrogens (tertiary/aromatic N) is 1. The Morgan fingerprint density at radius 3 is 2.51 bits per heavy atom. The molecule has 1 atom stereocenters. The van der Waals surface area contributed by atoms with Crippen LogP contribution in [0.5, 0.6) is 23.0 Å². The number of allylic oxidation sites excluding steroid dienone is 1. The Kier molecular flexibility index (Phi) is 7.66. The molecule has 5 aromatic carbocycles. The van der Waals surface area contributed by atoms with E-state index in [1.807, 2.05) is 91.0 Å². The second kappa shape index (κ2) is 12.0. The Bertz CT molecular complexity index is 1890. The van der Waals surface area contributed by atoms with Gasteiger partial charge in [0.2, 0.25) is 5.88 Å². The van der Waals surface area contributed by atoms with E-state index in [0.717, 1.165) is 27.5 Å². The maximum Gasteiger partial charge on any atom is 0.315 e. The van der Waals surface area contributed by atoms with Crippen LogP contribution in [0.25, 0.3) is 10.8 Å². The minimum atomic E-state index is -0.522. The number of hydrogen-bond donors (Lipinski definition) is 1. The maximum atomic E-state index is 12.9. The quantitative estimate of drug-likeness (QED) is 0.162. The monoisotopic (exact) mass is 568 g/mol. The number of carbonyl (C=O) groups is 1. The van der Waals surface area contributed by atoms with Gasteiger partial charge in [-0.25, -0.2) is 0 Å². The predicted octanol–water partition coefficient (Wildman–Crippen LogP) is 6.79. The van der Waals surface area contributed by atoms with Crippen molar-refractivity contribution in [2.45, 2.75) is 18.9 Å². The first-order valence-electron chi connectivity index (χ1n) is 13.8. The Labute approximate surface area is 249 Å². The van der Waals surface area contributed by atoms with E-state index in [9.17, 15) is 10.1 Å². The normalized spacial score (nSPS) is 13.9. The van der Waals surface area contributed by atoms with Gasteiger partial charge in [-0.1, -0.05) is 84.9 Å². The summed E-state index contributed by atoms with van der Waals surface area (Å²) in [5.74, 6) is 0.885. The molecule has 5 aromatic rings. The molecule has 7 nitrogen and oxygen atoms in total. The van der Waals surface area contributed by atoms with Crippen molar-refractivity contribution in [3.8, 4) is 29.1 Å². The number of esters is 1. The molecule has 1 unspecified atom stereocenters. The first kappa shape index (κ1) is 27.4. The first-order valence-corrected chi connectivity index (χ1v) is 13.8. The smallest absolute Gasteiger partial charge is 0.315 e. The highest BCUT2D eigenvalue weighted by Crippen LogP contribution is 2.45. The van der Waals surface area contributed by atoms with Crippen LogP contribution in [0.15, 0.2) is 121 Å². The zero-order chi connectivity index (χ0) is 29.8. The molecule has 1 heterocycles. The zero-order valence-corrected chi connectivity index (χ0v) is 23.4. The summed E-state index contributed by atoms with van der Waals surface area (Å²) in [4.78, 5) is 12.9. The highest BCUT2D eigenvalue weighted by Gasteiger charge is 2.32. The van der Waals surface area contributed by atoms with Gasteiger partial charge >= 0.3 is 5.97 Å². The average molecular weight is 569 g/mol. The lowest BCUT2D eigenvalue weighted by Gasteiger charge is -2.27. The molecule has 0 fully saturated rings. The van der Waals surface area contributed by atoms with Crippen LogP contribution in [0.1, 0.15) is 28.2 Å². The summed E-state index contributed by atoms with van der Waals surface area (Å²) in [7, 11) is 1.57. The number of benzene rings is 5. The molecule has 7 heteroatoms. The van der Waals surface area contributed by atoms with Crippen LogP contribution in [0.3, 0.4) is 0 Å². The lowest BCUT2D eigenvalue weighted by molar-refractivity contribution is -0.133. The van der Waals surface area contributed by atoms with Crippen LogP contribution in [0, 0.1) is 11.3 Å². The summed E-state index contributed by atoms with van der Waals surface area (Å²) in [6.07, 6.45) is 0.112. The van der Waals surface area contributed by atoms with Gasteiger partial charge < -0.3 is 24.7 Å². The minimum Gasteiger partial charge on any atom is -0.493 e. The van der Waals surface area contributed by atoms with E-state index < -0.39 is 11.9 Å². The zero-order valence-electron chi connectivity index (χ0n) is 23.4. The maximum absolute atomic E-state index is 12.9. The molecule has 43 heavy (non-hydrogen) atoms. The van der Waals surface area contributed by atoms with Crippen molar-refractivity contribution < 1.29 is 23.7 Å². The van der Waals surface area contributed by atoms with E-state index >= 15 is 0 Å². The summed E-state index contributed by atoms with van der Waals surface area (Å²) in [5, 5.41) is 12.1. The molecule has 6 rings (SSSR count). The largest absolute Gasteiger partial charge is 0.493 e. The summed E-state index contributed by atoms with van der Waals surface area (Å²) >= 11 is 0. The van der Waals surface area contributed by atoms with Crippen LogP contribution in [0.4, 0.5) is 0 Å². The van der Waals surface area contributed by atoms with Gasteiger partial charge in [0.25, 0.3) is 0 Å². The molecular formula is C36H28N2O5. The average Bonchev–Trinajstić information content (AvgIpc) is 3.03. The van der Waals surface area contributed by atoms with Crippen molar-refractivity contribution in [3.63, 3.8) is 0 Å². The SMILES string of the molecule is COc1cc(C2C(C#N)=C(N)Oc3cc(OC(=O)Cc4cccc5ccccc45)ccc32)ccc1OCc1ccccc1. The molecule has 1 aliphatic rings. The number of carbonyl (C=O) groups excluding carboxylic acids is 1. The third-order valence-corrected chi connectivity index (χ3v) is 7.40. The molecule has 0 radical (unpaired) electrons. The second-order valence-corrected chi connectivity index (χ2v) is 10.1. The van der Waals surface area contributed by atoms with Crippen LogP contribution in [-0.4, -0.2) is 13.1 Å². The molecule has 0 saturated carbocycles. The Balaban J connectivity index is 1.25. The minimum absolute atomic E-state index is 0.0115. The van der Waals surface area contributed by atoms with Crippen LogP contribution in [-0.2, 0) is 17.8 Å². The van der Waals surface area contributed by atoms with E-state index in [2.05, 4.69) is 6.07 Å². The number of methoxy groups -OCH3 is 1. The molecule has 1 aliphatic heterocycles. The molecule has 0 spiro atoms. The third-order valence-electron chi connectivity index (χ3n) is 7.40. The number of rotatable bonds is 8. The van der Waals surface area contributed by atoms with Crippen molar-refractivity contribution in [1.82, 2.24) is 0 Å². The lowest BCUT2D eigenvalue weighted by Crippen LogP contribution is -2.21. The van der Waals surface area contributed by atoms with Gasteiger partial charge in [-0.15, -0.1) is 0 Å². The van der Waals surface area contributed by atoms with Crippen LogP contribution < -0.4 is 24.7 Å². The van der Waals surface area contributed by atoms with Crippen molar-refractivity contribution in [3.05, 3.63) is 143 Å². The number of hydrogen-bond acceptors (Lipinski definition) is 7. The van der Waals surface area contributed by atoms with E-state index in [1.165, 1.54) is 0 Å². The Morgan fingerprint density at radius 2 is 1.70 bits per heavy atom. The van der Waals surface area contributed by atoms with Crippen molar-refractivity contribution >= 4 is 16.7 Å². The highest BCUT2D eigenvalue weighted by molar-refractivity contribution is 5.89. The van der Waals surface area contributed by atoms with Crippen molar-refractivity contribution in [1.29, 1.82) is 5.26 Å². The molecule has 0 amide bonds. The predicted molar refractivity (Wildman–Crippen MR) is 163 cm³/mol. The van der Waals surface area contributed by atoms with Gasteiger partial charge in [-0.2, -0.15) is 5.26 Å². The number of ether oxygens (including phenoxy) is 4. The summed E-state index contributed by atoms with van der Waals surface area (Å²) in [6, 6.07) is 36.5. The number of nitrogens with two attached hydrogens (primary N) is 1. The van der Waals surface area contributed by atoms with Crippen molar-refractivity contribution in [2.75, 3.05) is 7.11 Å². The first-order chi connectivity index (χ1) is 21.0. The Morgan fingerprint density at radius 1 is 0.907 bits per heavy atom. The highest BCUT2D eigenvalue weighted by atomic mass is 16.5. The van der Waals surface area contributed by atoms with Gasteiger partial charge in [-0.3, -0.25) is 4.79 Å². The van der Waals surface area contributed by atoms with Gasteiger partial charge in [0, 0.05) is 11.6 Å². The van der Waals surface area contributed by atoms with Gasteiger partial charge in [0.15, 0.2) is 11.5 Å². The van der Waals surface area contributed by atoms with Gasteiger partial charge in [0.1, 0.15) is 29.7 Å². The fourth-order valence-electron chi connectivity index (χ4n) is 5.33. The fourth-order valence-corrected chi connectivity index (χ4v) is 5.33. The lowest BCUT2D eigenvalue weighted by atomic mass is 9.83. The summed E-state index contributed by atoms with van der Waals surface area (Å²) in [6.45, 7) is 0.384. The summed E-state index contributed by atoms with van der Waals surface area (Å²) in [5.41, 5.74) is 9.89. The van der Waals surface area contributed by atoms with E-state index in [-0.39, 0.29) is 17.9 Å². The van der Waals surface area contributed by atoms with Gasteiger partial charge in [-0.05, 0) is 45.7 Å². The van der Waals surface area contributed by atoms with E-state index in [1.54, 1.807) is 25.3 Å². The third kappa shape index (κ3) is 5.72. The van der Waals surface area contributed by atoms with E-state index in [0.29, 0.717) is 35.2 Å². The topological polar surface area (TPSA) is 104 Å². The second-order valence-electron chi connectivity index (χ2n) is 10.1. The molecule has 0 aliphatic carbocycles. The van der Waals surface area contributed by atoms with Gasteiger partial charge in [0.05, 0.1) is 19.4 Å². The molecule has 212 valence electrons. The molecule has 2 N–H and O–H groups in total.